The molecule has 10 heteroatoms. The van der Waals surface area contributed by atoms with Crippen molar-refractivity contribution in [1.82, 2.24) is 0 Å². The predicted octanol–water partition coefficient (Wildman–Crippen LogP) is 4.28. The zero-order valence-electron chi connectivity index (χ0n) is 14.9. The highest BCUT2D eigenvalue weighted by Gasteiger charge is 2.47. The van der Waals surface area contributed by atoms with Crippen LogP contribution in [0.5, 0.6) is 0 Å². The molecule has 1 aromatic rings. The number of Topliss-reactive ketones (excluding diaryl/α,β-unsaturated/α-hetero) is 1. The number of hydrogen-bond acceptors (Lipinski definition) is 8. The van der Waals surface area contributed by atoms with Crippen LogP contribution in [0.15, 0.2) is 39.9 Å². The van der Waals surface area contributed by atoms with E-state index in [9.17, 15) is 24.8 Å². The van der Waals surface area contributed by atoms with Gasteiger partial charge in [-0.05, 0) is 24.5 Å². The van der Waals surface area contributed by atoms with E-state index in [4.69, 9.17) is 16.3 Å². The summed E-state index contributed by atoms with van der Waals surface area (Å²) in [4.78, 5) is 35.0. The Hall–Kier alpha value is -2.81. The number of aliphatic hydroxyl groups is 1. The van der Waals surface area contributed by atoms with Gasteiger partial charge in [0.25, 0.3) is 5.69 Å². The van der Waals surface area contributed by atoms with Crippen molar-refractivity contribution in [2.45, 2.75) is 27.2 Å². The predicted molar refractivity (Wildman–Crippen MR) is 95.8 cm³/mol. The molecule has 1 aliphatic carbocycles. The fourth-order valence-corrected chi connectivity index (χ4v) is 3.01. The number of rotatable bonds is 5. The van der Waals surface area contributed by atoms with Crippen LogP contribution in [0, 0.1) is 21.4 Å². The molecule has 1 aliphatic rings. The van der Waals surface area contributed by atoms with Gasteiger partial charge in [0.2, 0.25) is 0 Å². The highest BCUT2D eigenvalue weighted by Crippen LogP contribution is 2.43. The van der Waals surface area contributed by atoms with Crippen LogP contribution < -0.4 is 0 Å². The third kappa shape index (κ3) is 4.30. The zero-order valence-corrected chi connectivity index (χ0v) is 15.7. The molecule has 0 aliphatic heterocycles. The summed E-state index contributed by atoms with van der Waals surface area (Å²) < 4.78 is 4.98. The van der Waals surface area contributed by atoms with Crippen LogP contribution in [0.4, 0.5) is 11.4 Å². The van der Waals surface area contributed by atoms with Gasteiger partial charge in [-0.3, -0.25) is 19.7 Å². The first-order valence-corrected chi connectivity index (χ1v) is 8.45. The summed E-state index contributed by atoms with van der Waals surface area (Å²) in [7, 11) is 0. The molecule has 1 unspecified atom stereocenters. The van der Waals surface area contributed by atoms with E-state index in [1.165, 1.54) is 12.1 Å². The van der Waals surface area contributed by atoms with Gasteiger partial charge in [-0.25, -0.2) is 0 Å². The van der Waals surface area contributed by atoms with Gasteiger partial charge in [0.15, 0.2) is 17.2 Å². The van der Waals surface area contributed by atoms with Gasteiger partial charge in [-0.1, -0.05) is 25.4 Å². The highest BCUT2D eigenvalue weighted by atomic mass is 35.5. The van der Waals surface area contributed by atoms with Gasteiger partial charge in [-0.15, -0.1) is 10.2 Å². The molecule has 1 aromatic carbocycles. The van der Waals surface area contributed by atoms with Gasteiger partial charge in [0.05, 0.1) is 11.5 Å². The molecule has 0 amide bonds. The second-order valence-electron chi connectivity index (χ2n) is 6.60. The summed E-state index contributed by atoms with van der Waals surface area (Å²) in [5, 5.41) is 29.1. The minimum Gasteiger partial charge on any atom is -0.509 e. The average Bonchev–Trinajstić information content (AvgIpc) is 2.54. The number of nitro benzene ring substituents is 1. The Bertz CT molecular complexity index is 862. The van der Waals surface area contributed by atoms with E-state index in [2.05, 4.69) is 10.2 Å². The molecule has 27 heavy (non-hydrogen) atoms. The number of nitrogens with zero attached hydrogens (tertiary/aromatic N) is 3. The van der Waals surface area contributed by atoms with Crippen molar-refractivity contribution < 1.29 is 24.4 Å². The minimum atomic E-state index is -1.09. The van der Waals surface area contributed by atoms with Crippen LogP contribution in [0.2, 0.25) is 5.02 Å². The number of esters is 1. The lowest BCUT2D eigenvalue weighted by atomic mass is 9.70. The normalized spacial score (nSPS) is 19.4. The van der Waals surface area contributed by atoms with Crippen LogP contribution in [0.1, 0.15) is 27.2 Å². The molecule has 0 aromatic heterocycles. The van der Waals surface area contributed by atoms with Crippen molar-refractivity contribution in [2.24, 2.45) is 21.6 Å². The van der Waals surface area contributed by atoms with Crippen molar-refractivity contribution in [3.63, 3.8) is 0 Å². The molecule has 0 bridgehead atoms. The molecule has 0 fully saturated rings. The number of halogens is 1. The van der Waals surface area contributed by atoms with Gasteiger partial charge in [0.1, 0.15) is 11.7 Å². The Morgan fingerprint density at radius 1 is 1.44 bits per heavy atom. The van der Waals surface area contributed by atoms with Crippen LogP contribution in [-0.4, -0.2) is 28.4 Å². The van der Waals surface area contributed by atoms with E-state index < -0.39 is 45.2 Å². The second kappa shape index (κ2) is 7.83. The number of carbonyl (C=O) groups is 2. The average molecular weight is 396 g/mol. The lowest BCUT2D eigenvalue weighted by Gasteiger charge is -2.35. The minimum absolute atomic E-state index is 0.0718. The Morgan fingerprint density at radius 2 is 2.11 bits per heavy atom. The van der Waals surface area contributed by atoms with E-state index in [0.29, 0.717) is 0 Å². The Kier molecular flexibility index (Phi) is 5.94. The third-order valence-electron chi connectivity index (χ3n) is 4.09. The van der Waals surface area contributed by atoms with Crippen molar-refractivity contribution in [3.8, 4) is 0 Å². The van der Waals surface area contributed by atoms with E-state index in [-0.39, 0.29) is 23.7 Å². The lowest BCUT2D eigenvalue weighted by Crippen LogP contribution is -2.40. The molecule has 0 radical (unpaired) electrons. The van der Waals surface area contributed by atoms with Crippen molar-refractivity contribution in [1.29, 1.82) is 0 Å². The monoisotopic (exact) mass is 395 g/mol. The number of ketones is 1. The number of allylic oxidation sites excluding steroid dienone is 1. The molecule has 0 saturated heterocycles. The SMILES string of the molecule is CCOC(=O)C1C(O)=C(/N=N/c2ccc(Cl)cc2[N+](=O)[O-])C(=O)CC1(C)C. The van der Waals surface area contributed by atoms with Crippen LogP contribution in [-0.2, 0) is 14.3 Å². The number of azo groups is 1. The van der Waals surface area contributed by atoms with Gasteiger partial charge in [0, 0.05) is 17.5 Å². The molecule has 1 atom stereocenters. The molecule has 0 heterocycles. The summed E-state index contributed by atoms with van der Waals surface area (Å²) in [6.07, 6.45) is -0.0718. The van der Waals surface area contributed by atoms with Crippen LogP contribution >= 0.6 is 11.6 Å². The van der Waals surface area contributed by atoms with Crippen molar-refractivity contribution in [3.05, 3.63) is 44.8 Å². The summed E-state index contributed by atoms with van der Waals surface area (Å²) in [6.45, 7) is 5.04. The maximum Gasteiger partial charge on any atom is 0.317 e. The lowest BCUT2D eigenvalue weighted by molar-refractivity contribution is -0.384. The number of aliphatic hydroxyl groups excluding tert-OH is 1. The van der Waals surface area contributed by atoms with E-state index in [1.54, 1.807) is 20.8 Å². The summed E-state index contributed by atoms with van der Waals surface area (Å²) in [5.41, 5.74) is -1.85. The third-order valence-corrected chi connectivity index (χ3v) is 4.33. The summed E-state index contributed by atoms with van der Waals surface area (Å²) in [5.74, 6) is -2.87. The molecule has 1 N–H and O–H groups in total. The molecule has 144 valence electrons. The van der Waals surface area contributed by atoms with Crippen molar-refractivity contribution >= 4 is 34.7 Å². The second-order valence-corrected chi connectivity index (χ2v) is 7.03. The summed E-state index contributed by atoms with van der Waals surface area (Å²) in [6, 6.07) is 3.74. The van der Waals surface area contributed by atoms with E-state index in [1.807, 2.05) is 0 Å². The van der Waals surface area contributed by atoms with Gasteiger partial charge >= 0.3 is 5.97 Å². The topological polar surface area (TPSA) is 131 Å². The first-order chi connectivity index (χ1) is 12.6. The standard InChI is InChI=1S/C17H18ClN3O6/c1-4-27-16(24)13-15(23)14(12(22)8-17(13,2)3)20-19-10-6-5-9(18)7-11(10)21(25)26/h5-7,13,23H,4,8H2,1-3H3/b20-19+. The van der Waals surface area contributed by atoms with Gasteiger partial charge < -0.3 is 9.84 Å². The fraction of sp³-hybridized carbons (Fsp3) is 0.412. The highest BCUT2D eigenvalue weighted by molar-refractivity contribution is 6.30. The quantitative estimate of drug-likeness (QED) is 0.342. The zero-order chi connectivity index (χ0) is 20.4. The number of benzene rings is 1. The molecular formula is C17H18ClN3O6. The Balaban J connectivity index is 2.49. The largest absolute Gasteiger partial charge is 0.509 e. The Labute approximate surface area is 159 Å². The number of nitro groups is 1. The molecule has 9 nitrogen and oxygen atoms in total. The molecule has 0 spiro atoms. The van der Waals surface area contributed by atoms with E-state index >= 15 is 0 Å². The molecule has 2 rings (SSSR count). The first-order valence-electron chi connectivity index (χ1n) is 8.07. The smallest absolute Gasteiger partial charge is 0.317 e. The van der Waals surface area contributed by atoms with E-state index in [0.717, 1.165) is 6.07 Å². The summed E-state index contributed by atoms with van der Waals surface area (Å²) >= 11 is 5.74. The number of hydrogen-bond donors (Lipinski definition) is 1. The first kappa shape index (κ1) is 20.5. The van der Waals surface area contributed by atoms with Crippen molar-refractivity contribution in [2.75, 3.05) is 6.61 Å². The Morgan fingerprint density at radius 3 is 2.70 bits per heavy atom. The van der Waals surface area contributed by atoms with Gasteiger partial charge in [-0.2, -0.15) is 0 Å². The van der Waals surface area contributed by atoms with Crippen LogP contribution in [0.3, 0.4) is 0 Å². The fourth-order valence-electron chi connectivity index (χ4n) is 2.84. The maximum absolute atomic E-state index is 12.4. The maximum atomic E-state index is 12.4. The molecule has 0 saturated carbocycles. The number of carbonyl (C=O) groups excluding carboxylic acids is 2. The number of ether oxygens (including phenoxy) is 1. The molecular weight excluding hydrogens is 378 g/mol. The van der Waals surface area contributed by atoms with Crippen LogP contribution in [0.25, 0.3) is 0 Å².